The molecule has 0 bridgehead atoms. The van der Waals surface area contributed by atoms with Crippen molar-refractivity contribution >= 4 is 15.7 Å². The van der Waals surface area contributed by atoms with E-state index in [0.717, 1.165) is 71.5 Å². The lowest BCUT2D eigenvalue weighted by Gasteiger charge is -2.41. The van der Waals surface area contributed by atoms with Gasteiger partial charge in [0.2, 0.25) is 10.0 Å². The fraction of sp³-hybridized carbons (Fsp3) is 0.778. The lowest BCUT2D eigenvalue weighted by Crippen LogP contribution is -2.49. The van der Waals surface area contributed by atoms with Crippen LogP contribution < -0.4 is 4.90 Å². The first-order valence-electron chi connectivity index (χ1n) is 13.5. The molecule has 0 N–H and O–H groups in total. The predicted octanol–water partition coefficient (Wildman–Crippen LogP) is 4.13. The van der Waals surface area contributed by atoms with Crippen LogP contribution in [0.25, 0.3) is 0 Å². The Hall–Kier alpha value is -1.15. The molecule has 2 saturated heterocycles. The molecule has 1 saturated carbocycles. The van der Waals surface area contributed by atoms with Gasteiger partial charge in [-0.15, -0.1) is 0 Å². The van der Waals surface area contributed by atoms with E-state index in [9.17, 15) is 8.42 Å². The van der Waals surface area contributed by atoms with Crippen molar-refractivity contribution < 1.29 is 13.2 Å². The number of piperidine rings is 1. The average Bonchev–Trinajstić information content (AvgIpc) is 3.01. The largest absolute Gasteiger partial charge is 0.379 e. The summed E-state index contributed by atoms with van der Waals surface area (Å²) in [4.78, 5) is 5.11. The number of anilines is 1. The Morgan fingerprint density at radius 3 is 2.32 bits per heavy atom. The maximum absolute atomic E-state index is 13.6. The molecule has 6 nitrogen and oxygen atoms in total. The molecule has 1 aromatic carbocycles. The van der Waals surface area contributed by atoms with Gasteiger partial charge in [-0.1, -0.05) is 39.2 Å². The summed E-state index contributed by atoms with van der Waals surface area (Å²) in [7, 11) is -3.25. The minimum absolute atomic E-state index is 0.0198. The molecule has 3 fully saturated rings. The van der Waals surface area contributed by atoms with Gasteiger partial charge in [-0.3, -0.25) is 4.90 Å². The number of fused-ring (bicyclic) bond motifs is 1. The predicted molar refractivity (Wildman–Crippen MR) is 138 cm³/mol. The molecule has 0 aromatic heterocycles. The standard InChI is InChI=1S/C27H43N3O3S/c1-27(2)12-15-30(34(31,32)25-6-4-3-5-7-25)21-22-20-24(8-9-26(22)27)28-13-10-23(11-14-28)29-16-18-33-19-17-29/h8-9,20,23,25H,3-7,10-19,21H2,1-2H3. The zero-order valence-electron chi connectivity index (χ0n) is 21.2. The van der Waals surface area contributed by atoms with Gasteiger partial charge in [-0.25, -0.2) is 8.42 Å². The molecule has 0 atom stereocenters. The van der Waals surface area contributed by atoms with E-state index in [4.69, 9.17) is 4.74 Å². The van der Waals surface area contributed by atoms with Crippen molar-refractivity contribution in [2.75, 3.05) is 50.8 Å². The highest BCUT2D eigenvalue weighted by molar-refractivity contribution is 7.89. The summed E-state index contributed by atoms with van der Waals surface area (Å²) in [6.07, 6.45) is 8.16. The van der Waals surface area contributed by atoms with Crippen molar-refractivity contribution in [1.29, 1.82) is 0 Å². The summed E-state index contributed by atoms with van der Waals surface area (Å²) in [6, 6.07) is 7.54. The minimum atomic E-state index is -3.25. The number of morpholine rings is 1. The van der Waals surface area contributed by atoms with Crippen molar-refractivity contribution in [2.24, 2.45) is 0 Å². The first-order valence-corrected chi connectivity index (χ1v) is 15.0. The van der Waals surface area contributed by atoms with Crippen molar-refractivity contribution in [3.05, 3.63) is 29.3 Å². The lowest BCUT2D eigenvalue weighted by molar-refractivity contribution is 0.0115. The Kier molecular flexibility index (Phi) is 7.27. The summed E-state index contributed by atoms with van der Waals surface area (Å²) in [5, 5.41) is -0.187. The Morgan fingerprint density at radius 2 is 1.62 bits per heavy atom. The van der Waals surface area contributed by atoms with Crippen molar-refractivity contribution in [1.82, 2.24) is 9.21 Å². The van der Waals surface area contributed by atoms with Crippen molar-refractivity contribution in [3.63, 3.8) is 0 Å². The number of rotatable bonds is 4. The normalized spacial score (nSPS) is 26.2. The van der Waals surface area contributed by atoms with Crippen LogP contribution in [0.3, 0.4) is 0 Å². The third kappa shape index (κ3) is 5.04. The van der Waals surface area contributed by atoms with Crippen molar-refractivity contribution in [3.8, 4) is 0 Å². The number of ether oxygens (including phenoxy) is 1. The Balaban J connectivity index is 1.33. The number of hydrogen-bond acceptors (Lipinski definition) is 5. The molecule has 0 amide bonds. The van der Waals surface area contributed by atoms with Crippen LogP contribution in [0.2, 0.25) is 0 Å². The van der Waals surface area contributed by atoms with E-state index in [2.05, 4.69) is 41.8 Å². The number of benzene rings is 1. The summed E-state index contributed by atoms with van der Waals surface area (Å²) in [6.45, 7) is 11.7. The van der Waals surface area contributed by atoms with Gasteiger partial charge >= 0.3 is 0 Å². The smallest absolute Gasteiger partial charge is 0.217 e. The summed E-state index contributed by atoms with van der Waals surface area (Å²) in [5.74, 6) is 0. The quantitative estimate of drug-likeness (QED) is 0.637. The number of sulfonamides is 1. The van der Waals surface area contributed by atoms with Crippen LogP contribution in [-0.4, -0.2) is 74.9 Å². The molecule has 4 aliphatic rings. The van der Waals surface area contributed by atoms with Gasteiger partial charge in [0.25, 0.3) is 0 Å². The fourth-order valence-electron chi connectivity index (χ4n) is 6.60. The molecule has 0 unspecified atom stereocenters. The summed E-state index contributed by atoms with van der Waals surface area (Å²) >= 11 is 0. The molecule has 3 aliphatic heterocycles. The fourth-order valence-corrected chi connectivity index (χ4v) is 8.61. The van der Waals surface area contributed by atoms with E-state index in [1.165, 1.54) is 36.1 Å². The number of hydrogen-bond donors (Lipinski definition) is 0. The molecular weight excluding hydrogens is 446 g/mol. The maximum Gasteiger partial charge on any atom is 0.217 e. The summed E-state index contributed by atoms with van der Waals surface area (Å²) in [5.41, 5.74) is 3.76. The van der Waals surface area contributed by atoms with E-state index < -0.39 is 10.0 Å². The Bertz CT molecular complexity index is 944. The van der Waals surface area contributed by atoms with Gasteiger partial charge in [0.05, 0.1) is 18.5 Å². The van der Waals surface area contributed by atoms with Crippen LogP contribution in [0.4, 0.5) is 5.69 Å². The van der Waals surface area contributed by atoms with E-state index in [0.29, 0.717) is 19.1 Å². The summed E-state index contributed by atoms with van der Waals surface area (Å²) < 4.78 is 34.5. The van der Waals surface area contributed by atoms with Crippen LogP contribution in [0.15, 0.2) is 18.2 Å². The Morgan fingerprint density at radius 1 is 0.912 bits per heavy atom. The molecule has 7 heteroatoms. The molecule has 190 valence electrons. The van der Waals surface area contributed by atoms with E-state index in [1.54, 1.807) is 0 Å². The topological polar surface area (TPSA) is 53.1 Å². The first kappa shape index (κ1) is 24.5. The van der Waals surface area contributed by atoms with Gasteiger partial charge in [0, 0.05) is 51.0 Å². The van der Waals surface area contributed by atoms with Gasteiger partial charge in [0.1, 0.15) is 0 Å². The second kappa shape index (κ2) is 10.1. The molecule has 5 rings (SSSR count). The molecule has 34 heavy (non-hydrogen) atoms. The average molecular weight is 490 g/mol. The molecular formula is C27H43N3O3S. The van der Waals surface area contributed by atoms with Gasteiger partial charge < -0.3 is 9.64 Å². The highest BCUT2D eigenvalue weighted by atomic mass is 32.2. The van der Waals surface area contributed by atoms with Gasteiger partial charge in [-0.2, -0.15) is 4.31 Å². The molecule has 0 radical (unpaired) electrons. The first-order chi connectivity index (χ1) is 16.3. The number of nitrogens with zero attached hydrogens (tertiary/aromatic N) is 3. The van der Waals surface area contributed by atoms with Crippen LogP contribution in [-0.2, 0) is 26.7 Å². The second-order valence-corrected chi connectivity index (χ2v) is 13.7. The van der Waals surface area contributed by atoms with E-state index in [1.807, 2.05) is 4.31 Å². The van der Waals surface area contributed by atoms with Crippen LogP contribution in [0.1, 0.15) is 76.3 Å². The van der Waals surface area contributed by atoms with Crippen LogP contribution >= 0.6 is 0 Å². The second-order valence-electron chi connectivity index (χ2n) is 11.5. The molecule has 1 aromatic rings. The lowest BCUT2D eigenvalue weighted by atomic mass is 9.80. The molecule has 1 aliphatic carbocycles. The highest BCUT2D eigenvalue weighted by Crippen LogP contribution is 2.38. The van der Waals surface area contributed by atoms with Gasteiger partial charge in [0.15, 0.2) is 0 Å². The SMILES string of the molecule is CC1(C)CCN(S(=O)(=O)C2CCCCC2)Cc2cc(N3CCC(N4CCOCC4)CC3)ccc21. The van der Waals surface area contributed by atoms with Gasteiger partial charge in [-0.05, 0) is 60.8 Å². The molecule has 0 spiro atoms. The maximum atomic E-state index is 13.6. The van der Waals surface area contributed by atoms with Crippen LogP contribution in [0.5, 0.6) is 0 Å². The Labute approximate surface area is 206 Å². The minimum Gasteiger partial charge on any atom is -0.379 e. The highest BCUT2D eigenvalue weighted by Gasteiger charge is 2.38. The zero-order valence-corrected chi connectivity index (χ0v) is 22.0. The monoisotopic (exact) mass is 489 g/mol. The third-order valence-corrected chi connectivity index (χ3v) is 11.2. The van der Waals surface area contributed by atoms with E-state index >= 15 is 0 Å². The molecule has 3 heterocycles. The van der Waals surface area contributed by atoms with Crippen molar-refractivity contribution in [2.45, 2.75) is 88.5 Å². The zero-order chi connectivity index (χ0) is 23.8. The van der Waals surface area contributed by atoms with Crippen LogP contribution in [0, 0.1) is 0 Å². The van der Waals surface area contributed by atoms with E-state index in [-0.39, 0.29) is 10.7 Å². The third-order valence-electron chi connectivity index (χ3n) is 8.88.